The lowest BCUT2D eigenvalue weighted by molar-refractivity contribution is 0.415. The molecule has 0 fully saturated rings. The molecule has 1 atom stereocenters. The Labute approximate surface area is 131 Å². The Morgan fingerprint density at radius 1 is 1.23 bits per heavy atom. The van der Waals surface area contributed by atoms with Gasteiger partial charge in [-0.15, -0.1) is 0 Å². The van der Waals surface area contributed by atoms with E-state index >= 15 is 0 Å². The van der Waals surface area contributed by atoms with E-state index in [1.54, 1.807) is 36.2 Å². The van der Waals surface area contributed by atoms with Crippen molar-refractivity contribution in [3.05, 3.63) is 45.9 Å². The molecule has 1 aromatic carbocycles. The molecule has 1 unspecified atom stereocenters. The van der Waals surface area contributed by atoms with Gasteiger partial charge in [0.15, 0.2) is 0 Å². The van der Waals surface area contributed by atoms with Crippen LogP contribution in [-0.2, 0) is 24.6 Å². The monoisotopic (exact) mass is 318 g/mol. The highest BCUT2D eigenvalue weighted by Crippen LogP contribution is 2.37. The van der Waals surface area contributed by atoms with Crippen LogP contribution in [-0.4, -0.2) is 27.2 Å². The molecular formula is C16H18N2O3S. The summed E-state index contributed by atoms with van der Waals surface area (Å²) < 4.78 is 21.2. The number of pyridine rings is 1. The van der Waals surface area contributed by atoms with Crippen molar-refractivity contribution in [3.63, 3.8) is 0 Å². The second-order valence-corrected chi connectivity index (χ2v) is 7.08. The lowest BCUT2D eigenvalue weighted by Crippen LogP contribution is -2.18. The molecule has 0 N–H and O–H groups in total. The molecule has 3 rings (SSSR count). The van der Waals surface area contributed by atoms with Crippen molar-refractivity contribution in [1.29, 1.82) is 0 Å². The van der Waals surface area contributed by atoms with Gasteiger partial charge in [0.25, 0.3) is 5.56 Å². The van der Waals surface area contributed by atoms with Gasteiger partial charge in [-0.2, -0.15) is 0 Å². The van der Waals surface area contributed by atoms with E-state index in [1.807, 2.05) is 25.2 Å². The van der Waals surface area contributed by atoms with Crippen LogP contribution >= 0.6 is 0 Å². The van der Waals surface area contributed by atoms with Gasteiger partial charge in [0.1, 0.15) is 16.7 Å². The molecule has 0 bridgehead atoms. The topological polar surface area (TPSA) is 51.5 Å². The van der Waals surface area contributed by atoms with E-state index in [9.17, 15) is 9.00 Å². The van der Waals surface area contributed by atoms with Gasteiger partial charge in [0.05, 0.1) is 12.0 Å². The van der Waals surface area contributed by atoms with Crippen LogP contribution in [0.5, 0.6) is 5.75 Å². The summed E-state index contributed by atoms with van der Waals surface area (Å²) in [6.45, 7) is 2.43. The van der Waals surface area contributed by atoms with Gasteiger partial charge in [-0.05, 0) is 30.7 Å². The Balaban J connectivity index is 2.24. The summed E-state index contributed by atoms with van der Waals surface area (Å²) in [7, 11) is 4.04. The molecule has 6 heteroatoms. The molecule has 0 saturated carbocycles. The normalized spacial score (nSPS) is 17.5. The molecule has 2 heterocycles. The molecule has 0 radical (unpaired) electrons. The molecule has 0 aliphatic carbocycles. The zero-order valence-electron chi connectivity index (χ0n) is 13.0. The summed E-state index contributed by atoms with van der Waals surface area (Å²) >= 11 is 0. The van der Waals surface area contributed by atoms with Gasteiger partial charge in [0, 0.05) is 43.5 Å². The molecule has 1 aliphatic heterocycles. The maximum absolute atomic E-state index is 12.3. The Bertz CT molecular complexity index is 816. The number of fused-ring (bicyclic) bond motifs is 1. The van der Waals surface area contributed by atoms with E-state index in [2.05, 4.69) is 0 Å². The highest BCUT2D eigenvalue weighted by molar-refractivity contribution is 7.83. The minimum Gasteiger partial charge on any atom is -0.496 e. The first kappa shape index (κ1) is 15.0. The zero-order valence-corrected chi connectivity index (χ0v) is 13.9. The highest BCUT2D eigenvalue weighted by atomic mass is 32.2. The SMILES string of the molecule is COc1cc2c(cc1-c1cc(C)c(=O)n(C)c1)S(=O)N(C)C2. The first-order valence-corrected chi connectivity index (χ1v) is 8.04. The summed E-state index contributed by atoms with van der Waals surface area (Å²) in [6, 6.07) is 5.69. The lowest BCUT2D eigenvalue weighted by atomic mass is 10.0. The van der Waals surface area contributed by atoms with Crippen molar-refractivity contribution < 1.29 is 8.95 Å². The fourth-order valence-electron chi connectivity index (χ4n) is 2.77. The number of hydrogen-bond acceptors (Lipinski definition) is 3. The van der Waals surface area contributed by atoms with Crippen LogP contribution in [0.25, 0.3) is 11.1 Å². The minimum absolute atomic E-state index is 0.0211. The molecule has 5 nitrogen and oxygen atoms in total. The smallest absolute Gasteiger partial charge is 0.253 e. The number of nitrogens with zero attached hydrogens (tertiary/aromatic N) is 2. The number of benzene rings is 1. The molecule has 1 aromatic heterocycles. The second-order valence-electron chi connectivity index (χ2n) is 5.52. The third-order valence-electron chi connectivity index (χ3n) is 3.92. The highest BCUT2D eigenvalue weighted by Gasteiger charge is 2.26. The molecular weight excluding hydrogens is 300 g/mol. The van der Waals surface area contributed by atoms with Gasteiger partial charge >= 0.3 is 0 Å². The Kier molecular flexibility index (Phi) is 3.66. The van der Waals surface area contributed by atoms with Crippen molar-refractivity contribution in [1.82, 2.24) is 8.87 Å². The van der Waals surface area contributed by atoms with Crippen LogP contribution < -0.4 is 10.3 Å². The van der Waals surface area contributed by atoms with Crippen LogP contribution in [0.3, 0.4) is 0 Å². The summed E-state index contributed by atoms with van der Waals surface area (Å²) in [5.74, 6) is 0.726. The predicted molar refractivity (Wildman–Crippen MR) is 86.3 cm³/mol. The van der Waals surface area contributed by atoms with Crippen LogP contribution in [0.4, 0.5) is 0 Å². The third kappa shape index (κ3) is 2.28. The van der Waals surface area contributed by atoms with Crippen molar-refractivity contribution in [2.45, 2.75) is 18.4 Å². The maximum Gasteiger partial charge on any atom is 0.253 e. The van der Waals surface area contributed by atoms with E-state index in [0.29, 0.717) is 12.1 Å². The van der Waals surface area contributed by atoms with Gasteiger partial charge in [-0.3, -0.25) is 4.79 Å². The summed E-state index contributed by atoms with van der Waals surface area (Å²) in [5.41, 5.74) is 3.39. The lowest BCUT2D eigenvalue weighted by Gasteiger charge is -2.12. The summed E-state index contributed by atoms with van der Waals surface area (Å²) in [6.07, 6.45) is 1.78. The van der Waals surface area contributed by atoms with Gasteiger partial charge in [-0.25, -0.2) is 8.51 Å². The van der Waals surface area contributed by atoms with Crippen LogP contribution in [0.2, 0.25) is 0 Å². The molecule has 116 valence electrons. The van der Waals surface area contributed by atoms with E-state index in [1.165, 1.54) is 0 Å². The number of ether oxygens (including phenoxy) is 1. The van der Waals surface area contributed by atoms with Gasteiger partial charge < -0.3 is 9.30 Å². The Morgan fingerprint density at radius 2 is 1.95 bits per heavy atom. The summed E-state index contributed by atoms with van der Waals surface area (Å²) in [4.78, 5) is 12.7. The first-order valence-electron chi connectivity index (χ1n) is 6.94. The Morgan fingerprint density at radius 3 is 2.59 bits per heavy atom. The zero-order chi connectivity index (χ0) is 16.0. The van der Waals surface area contributed by atoms with E-state index in [4.69, 9.17) is 4.74 Å². The third-order valence-corrected chi connectivity index (χ3v) is 5.37. The number of aromatic nitrogens is 1. The molecule has 0 saturated heterocycles. The average Bonchev–Trinajstić information content (AvgIpc) is 2.77. The molecule has 22 heavy (non-hydrogen) atoms. The van der Waals surface area contributed by atoms with Gasteiger partial charge in [0.2, 0.25) is 0 Å². The minimum atomic E-state index is -1.14. The number of methoxy groups -OCH3 is 1. The maximum atomic E-state index is 12.3. The first-order chi connectivity index (χ1) is 10.4. The molecule has 2 aromatic rings. The number of aryl methyl sites for hydroxylation is 2. The number of hydrogen-bond donors (Lipinski definition) is 0. The van der Waals surface area contributed by atoms with E-state index < -0.39 is 11.0 Å². The average molecular weight is 318 g/mol. The Hall–Kier alpha value is -1.92. The standard InChI is InChI=1S/C16H18N2O3S/c1-10-5-11(8-17(2)16(10)19)13-7-15-12(6-14(13)21-4)9-18(3)22(15)20/h5-8H,9H2,1-4H3. The fourth-order valence-corrected chi connectivity index (χ4v) is 3.93. The largest absolute Gasteiger partial charge is 0.496 e. The molecule has 1 aliphatic rings. The van der Waals surface area contributed by atoms with Crippen molar-refractivity contribution in [2.75, 3.05) is 14.2 Å². The van der Waals surface area contributed by atoms with Crippen LogP contribution in [0.1, 0.15) is 11.1 Å². The fraction of sp³-hybridized carbons (Fsp3) is 0.312. The van der Waals surface area contributed by atoms with Crippen LogP contribution in [0.15, 0.2) is 34.1 Å². The van der Waals surface area contributed by atoms with Crippen molar-refractivity contribution in [3.8, 4) is 16.9 Å². The summed E-state index contributed by atoms with van der Waals surface area (Å²) in [5, 5.41) is 0. The van der Waals surface area contributed by atoms with Crippen molar-refractivity contribution >= 4 is 11.0 Å². The van der Waals surface area contributed by atoms with Gasteiger partial charge in [-0.1, -0.05) is 0 Å². The second kappa shape index (κ2) is 5.37. The molecule has 0 spiro atoms. The van der Waals surface area contributed by atoms with Crippen LogP contribution in [0, 0.1) is 6.92 Å². The molecule has 0 amide bonds. The van der Waals surface area contributed by atoms with E-state index in [0.717, 1.165) is 27.3 Å². The predicted octanol–water partition coefficient (Wildman–Crippen LogP) is 1.84. The van der Waals surface area contributed by atoms with E-state index in [-0.39, 0.29) is 5.56 Å². The quantitative estimate of drug-likeness (QED) is 0.849. The van der Waals surface area contributed by atoms with Crippen molar-refractivity contribution in [2.24, 2.45) is 7.05 Å². The number of rotatable bonds is 2.